The summed E-state index contributed by atoms with van der Waals surface area (Å²) in [6.07, 6.45) is 0.707. The lowest BCUT2D eigenvalue weighted by Crippen LogP contribution is -2.32. The van der Waals surface area contributed by atoms with Crippen LogP contribution in [0.5, 0.6) is 0 Å². The molecular formula is C12H16ClN3O3S. The minimum absolute atomic E-state index is 0. The van der Waals surface area contributed by atoms with E-state index in [1.807, 2.05) is 18.2 Å². The van der Waals surface area contributed by atoms with Gasteiger partial charge < -0.3 is 10.3 Å². The maximum absolute atomic E-state index is 12.3. The second kappa shape index (κ2) is 5.69. The van der Waals surface area contributed by atoms with E-state index >= 15 is 0 Å². The van der Waals surface area contributed by atoms with Crippen LogP contribution in [-0.4, -0.2) is 37.0 Å². The number of nitrogens with zero attached hydrogens (tertiary/aromatic N) is 2. The lowest BCUT2D eigenvalue weighted by atomic mass is 10.2. The van der Waals surface area contributed by atoms with Crippen molar-refractivity contribution < 1.29 is 12.9 Å². The van der Waals surface area contributed by atoms with Gasteiger partial charge in [-0.15, -0.1) is 12.4 Å². The van der Waals surface area contributed by atoms with Crippen LogP contribution < -0.4 is 5.73 Å². The van der Waals surface area contributed by atoms with Crippen molar-refractivity contribution in [1.82, 2.24) is 9.46 Å². The van der Waals surface area contributed by atoms with Crippen molar-refractivity contribution in [3.05, 3.63) is 30.0 Å². The number of sulfonamides is 1. The maximum Gasteiger partial charge on any atom is 0.220 e. The van der Waals surface area contributed by atoms with Gasteiger partial charge in [-0.3, -0.25) is 0 Å². The first kappa shape index (κ1) is 15.2. The summed E-state index contributed by atoms with van der Waals surface area (Å²) in [5.41, 5.74) is 6.80. The van der Waals surface area contributed by atoms with Crippen molar-refractivity contribution in [1.29, 1.82) is 0 Å². The summed E-state index contributed by atoms with van der Waals surface area (Å²) >= 11 is 0. The van der Waals surface area contributed by atoms with E-state index in [1.54, 1.807) is 6.07 Å². The van der Waals surface area contributed by atoms with Gasteiger partial charge in [0, 0.05) is 24.5 Å². The summed E-state index contributed by atoms with van der Waals surface area (Å²) in [4.78, 5) is 0. The highest BCUT2D eigenvalue weighted by Gasteiger charge is 2.30. The number of fused-ring (bicyclic) bond motifs is 1. The fourth-order valence-electron chi connectivity index (χ4n) is 2.31. The van der Waals surface area contributed by atoms with Crippen molar-refractivity contribution in [3.63, 3.8) is 0 Å². The number of hydrogen-bond acceptors (Lipinski definition) is 5. The number of rotatable bonds is 3. The van der Waals surface area contributed by atoms with E-state index in [0.717, 1.165) is 5.39 Å². The van der Waals surface area contributed by atoms with Crippen LogP contribution in [0.2, 0.25) is 0 Å². The summed E-state index contributed by atoms with van der Waals surface area (Å²) in [5, 5.41) is 4.60. The molecule has 1 aliphatic heterocycles. The van der Waals surface area contributed by atoms with Crippen molar-refractivity contribution in [2.45, 2.75) is 18.2 Å². The molecular weight excluding hydrogens is 302 g/mol. The summed E-state index contributed by atoms with van der Waals surface area (Å²) in [5.74, 6) is -0.142. The van der Waals surface area contributed by atoms with Crippen molar-refractivity contribution >= 4 is 33.4 Å². The van der Waals surface area contributed by atoms with Gasteiger partial charge in [-0.25, -0.2) is 8.42 Å². The molecule has 0 unspecified atom stereocenters. The van der Waals surface area contributed by atoms with Crippen LogP contribution in [0.25, 0.3) is 11.0 Å². The molecule has 6 nitrogen and oxygen atoms in total. The van der Waals surface area contributed by atoms with Crippen LogP contribution in [-0.2, 0) is 15.8 Å². The molecule has 0 amide bonds. The highest BCUT2D eigenvalue weighted by molar-refractivity contribution is 7.88. The van der Waals surface area contributed by atoms with Gasteiger partial charge >= 0.3 is 0 Å². The lowest BCUT2D eigenvalue weighted by molar-refractivity contribution is 0.443. The molecule has 1 saturated heterocycles. The Bertz CT molecular complexity index is 701. The van der Waals surface area contributed by atoms with Gasteiger partial charge in [0.2, 0.25) is 10.0 Å². The maximum atomic E-state index is 12.3. The van der Waals surface area contributed by atoms with E-state index < -0.39 is 10.0 Å². The van der Waals surface area contributed by atoms with Gasteiger partial charge in [0.25, 0.3) is 0 Å². The summed E-state index contributed by atoms with van der Waals surface area (Å²) in [6.45, 7) is 0.872. The predicted octanol–water partition coefficient (Wildman–Crippen LogP) is 1.11. The highest BCUT2D eigenvalue weighted by Crippen LogP contribution is 2.22. The molecule has 0 saturated carbocycles. The molecule has 110 valence electrons. The molecule has 3 rings (SSSR count). The Hall–Kier alpha value is -1.15. The normalized spacial score (nSPS) is 20.1. The highest BCUT2D eigenvalue weighted by atomic mass is 35.5. The summed E-state index contributed by atoms with van der Waals surface area (Å²) < 4.78 is 31.1. The monoisotopic (exact) mass is 317 g/mol. The molecule has 0 spiro atoms. The first-order valence-electron chi connectivity index (χ1n) is 6.13. The minimum atomic E-state index is -3.38. The zero-order chi connectivity index (χ0) is 13.5. The Morgan fingerprint density at radius 2 is 2.15 bits per heavy atom. The number of halogens is 1. The Labute approximate surface area is 123 Å². The van der Waals surface area contributed by atoms with Crippen molar-refractivity contribution in [2.24, 2.45) is 5.73 Å². The van der Waals surface area contributed by atoms with E-state index in [0.29, 0.717) is 30.8 Å². The van der Waals surface area contributed by atoms with Crippen molar-refractivity contribution in [2.75, 3.05) is 13.1 Å². The van der Waals surface area contributed by atoms with Gasteiger partial charge in [0.15, 0.2) is 5.58 Å². The number of hydrogen-bond donors (Lipinski definition) is 1. The largest absolute Gasteiger partial charge is 0.356 e. The fourth-order valence-corrected chi connectivity index (χ4v) is 3.85. The molecule has 0 aliphatic carbocycles. The van der Waals surface area contributed by atoms with E-state index in [-0.39, 0.29) is 24.2 Å². The molecule has 2 aromatic rings. The molecule has 0 bridgehead atoms. The van der Waals surface area contributed by atoms with Gasteiger partial charge in [-0.2, -0.15) is 4.31 Å². The Kier molecular flexibility index (Phi) is 4.33. The van der Waals surface area contributed by atoms with Crippen molar-refractivity contribution in [3.8, 4) is 0 Å². The van der Waals surface area contributed by atoms with E-state index in [4.69, 9.17) is 10.3 Å². The third-order valence-corrected chi connectivity index (χ3v) is 5.11. The van der Waals surface area contributed by atoms with E-state index in [9.17, 15) is 8.42 Å². The molecule has 0 radical (unpaired) electrons. The molecule has 2 N–H and O–H groups in total. The fraction of sp³-hybridized carbons (Fsp3) is 0.417. The molecule has 2 heterocycles. The molecule has 1 aromatic carbocycles. The van der Waals surface area contributed by atoms with Crippen LogP contribution in [0.3, 0.4) is 0 Å². The van der Waals surface area contributed by atoms with Gasteiger partial charge in [-0.05, 0) is 18.6 Å². The molecule has 1 aromatic heterocycles. The standard InChI is InChI=1S/C12H15N3O3S.ClH/c13-9-5-6-15(7-9)19(16,17)8-11-10-3-1-2-4-12(10)18-14-11;/h1-4,9H,5-8,13H2;1H/t9-;/m1./s1. The van der Waals surface area contributed by atoms with Crippen LogP contribution in [0.15, 0.2) is 28.8 Å². The SMILES string of the molecule is Cl.N[C@@H]1CCN(S(=O)(=O)Cc2noc3ccccc23)C1. The average Bonchev–Trinajstić information content (AvgIpc) is 2.97. The Morgan fingerprint density at radius 3 is 2.85 bits per heavy atom. The first-order valence-corrected chi connectivity index (χ1v) is 7.74. The third-order valence-electron chi connectivity index (χ3n) is 3.35. The van der Waals surface area contributed by atoms with E-state index in [1.165, 1.54) is 4.31 Å². The summed E-state index contributed by atoms with van der Waals surface area (Å²) in [6, 6.07) is 7.17. The molecule has 8 heteroatoms. The Balaban J connectivity index is 0.00000147. The minimum Gasteiger partial charge on any atom is -0.356 e. The van der Waals surface area contributed by atoms with Gasteiger partial charge in [0.1, 0.15) is 11.4 Å². The topological polar surface area (TPSA) is 89.4 Å². The predicted molar refractivity (Wildman–Crippen MR) is 78.0 cm³/mol. The van der Waals surface area contributed by atoms with Crippen LogP contribution in [0, 0.1) is 0 Å². The van der Waals surface area contributed by atoms with Crippen LogP contribution >= 0.6 is 12.4 Å². The molecule has 1 atom stereocenters. The van der Waals surface area contributed by atoms with Crippen LogP contribution in [0.1, 0.15) is 12.1 Å². The summed E-state index contributed by atoms with van der Waals surface area (Å²) in [7, 11) is -3.38. The smallest absolute Gasteiger partial charge is 0.220 e. The third kappa shape index (κ3) is 2.80. The first-order chi connectivity index (χ1) is 9.06. The van der Waals surface area contributed by atoms with Crippen LogP contribution in [0.4, 0.5) is 0 Å². The second-order valence-electron chi connectivity index (χ2n) is 4.79. The van der Waals surface area contributed by atoms with Gasteiger partial charge in [-0.1, -0.05) is 17.3 Å². The second-order valence-corrected chi connectivity index (χ2v) is 6.76. The zero-order valence-electron chi connectivity index (χ0n) is 10.7. The molecule has 1 aliphatic rings. The van der Waals surface area contributed by atoms with E-state index in [2.05, 4.69) is 5.16 Å². The molecule has 1 fully saturated rings. The number of benzene rings is 1. The lowest BCUT2D eigenvalue weighted by Gasteiger charge is -2.14. The number of nitrogens with two attached hydrogens (primary N) is 1. The van der Waals surface area contributed by atoms with Gasteiger partial charge in [0.05, 0.1) is 0 Å². The molecule has 20 heavy (non-hydrogen) atoms. The number of para-hydroxylation sites is 1. The number of aromatic nitrogens is 1. The Morgan fingerprint density at radius 1 is 1.40 bits per heavy atom. The zero-order valence-corrected chi connectivity index (χ0v) is 12.4. The quantitative estimate of drug-likeness (QED) is 0.916. The average molecular weight is 318 g/mol.